The van der Waals surface area contributed by atoms with E-state index in [-0.39, 0.29) is 10.9 Å². The number of nitrogens with one attached hydrogen (secondary N) is 1. The zero-order valence-corrected chi connectivity index (χ0v) is 18.9. The lowest BCUT2D eigenvalue weighted by Gasteiger charge is -2.32. The van der Waals surface area contributed by atoms with E-state index in [9.17, 15) is 13.2 Å². The Kier molecular flexibility index (Phi) is 5.43. The number of anilines is 1. The van der Waals surface area contributed by atoms with E-state index < -0.39 is 15.9 Å². The number of benzene rings is 2. The van der Waals surface area contributed by atoms with E-state index in [1.807, 2.05) is 18.2 Å². The molecule has 1 aliphatic carbocycles. The van der Waals surface area contributed by atoms with Gasteiger partial charge in [0.15, 0.2) is 16.4 Å². The third-order valence-corrected chi connectivity index (χ3v) is 8.01. The highest BCUT2D eigenvalue weighted by atomic mass is 32.2. The van der Waals surface area contributed by atoms with Crippen LogP contribution in [0.1, 0.15) is 42.5 Å². The van der Waals surface area contributed by atoms with Crippen molar-refractivity contribution < 1.29 is 22.7 Å². The highest BCUT2D eigenvalue weighted by Crippen LogP contribution is 2.44. The van der Waals surface area contributed by atoms with Crippen molar-refractivity contribution in [1.82, 2.24) is 5.32 Å². The average Bonchev–Trinajstić information content (AvgIpc) is 2.77. The molecule has 0 saturated carbocycles. The van der Waals surface area contributed by atoms with Crippen molar-refractivity contribution in [2.24, 2.45) is 0 Å². The van der Waals surface area contributed by atoms with Gasteiger partial charge in [-0.25, -0.2) is 8.42 Å². The third-order valence-electron chi connectivity index (χ3n) is 6.09. The normalized spacial score (nSPS) is 19.4. The summed E-state index contributed by atoms with van der Waals surface area (Å²) in [5, 5.41) is 2.97. The number of methoxy groups -OCH3 is 2. The molecule has 1 atom stereocenters. The summed E-state index contributed by atoms with van der Waals surface area (Å²) in [4.78, 5) is 13.1. The molecule has 7 nitrogen and oxygen atoms in total. The summed E-state index contributed by atoms with van der Waals surface area (Å²) in [5.41, 5.74) is 3.68. The van der Waals surface area contributed by atoms with Gasteiger partial charge >= 0.3 is 0 Å². The fourth-order valence-corrected chi connectivity index (χ4v) is 5.90. The van der Waals surface area contributed by atoms with E-state index in [4.69, 9.17) is 9.47 Å². The van der Waals surface area contributed by atoms with Crippen LogP contribution in [0.15, 0.2) is 41.3 Å². The first-order valence-corrected chi connectivity index (χ1v) is 11.6. The van der Waals surface area contributed by atoms with E-state index in [1.54, 1.807) is 19.1 Å². The van der Waals surface area contributed by atoms with Crippen molar-refractivity contribution >= 4 is 27.2 Å². The molecular formula is C23H26N2O5S. The Balaban J connectivity index is 1.78. The van der Waals surface area contributed by atoms with Gasteiger partial charge in [-0.2, -0.15) is 0 Å². The van der Waals surface area contributed by atoms with Crippen molar-refractivity contribution in [2.45, 2.75) is 32.2 Å². The second-order valence-corrected chi connectivity index (χ2v) is 9.67. The average molecular weight is 443 g/mol. The molecule has 1 aliphatic heterocycles. The summed E-state index contributed by atoms with van der Waals surface area (Å²) in [6.07, 6.45) is 2.67. The summed E-state index contributed by atoms with van der Waals surface area (Å²) in [7, 11) is 0.414. The van der Waals surface area contributed by atoms with E-state index in [0.717, 1.165) is 29.1 Å². The largest absolute Gasteiger partial charge is 0.493 e. The predicted molar refractivity (Wildman–Crippen MR) is 120 cm³/mol. The first-order valence-electron chi connectivity index (χ1n) is 10.1. The van der Waals surface area contributed by atoms with E-state index in [2.05, 4.69) is 11.4 Å². The molecule has 2 aromatic rings. The van der Waals surface area contributed by atoms with Gasteiger partial charge in [-0.3, -0.25) is 9.10 Å². The number of carbonyl (C=O) groups is 1. The number of allylic oxidation sites excluding steroid dienone is 1. The summed E-state index contributed by atoms with van der Waals surface area (Å²) < 4.78 is 38.4. The van der Waals surface area contributed by atoms with E-state index >= 15 is 0 Å². The topological polar surface area (TPSA) is 84.9 Å². The van der Waals surface area contributed by atoms with Gasteiger partial charge < -0.3 is 14.8 Å². The van der Waals surface area contributed by atoms with Crippen LogP contribution in [0.3, 0.4) is 0 Å². The second-order valence-electron chi connectivity index (χ2n) is 7.77. The lowest BCUT2D eigenvalue weighted by atomic mass is 9.87. The van der Waals surface area contributed by atoms with E-state index in [1.165, 1.54) is 26.8 Å². The van der Waals surface area contributed by atoms with Gasteiger partial charge in [0.2, 0.25) is 0 Å². The molecule has 4 rings (SSSR count). The predicted octanol–water partition coefficient (Wildman–Crippen LogP) is 3.41. The van der Waals surface area contributed by atoms with Crippen molar-refractivity contribution in [3.05, 3.63) is 58.0 Å². The molecule has 8 heteroatoms. The molecule has 1 N–H and O–H groups in total. The number of hydrogen-bond donors (Lipinski definition) is 1. The SMILES string of the molecule is COc1cc2c(cc1OC)N(C)S(=O)(=O)C(C(=O)NC1CCCc3ccccc31)=C2C. The molecule has 164 valence electrons. The number of hydrogen-bond acceptors (Lipinski definition) is 5. The van der Waals surface area contributed by atoms with Crippen LogP contribution in [-0.2, 0) is 21.2 Å². The molecule has 2 aliphatic rings. The highest BCUT2D eigenvalue weighted by molar-refractivity contribution is 7.97. The molecule has 1 unspecified atom stereocenters. The highest BCUT2D eigenvalue weighted by Gasteiger charge is 2.39. The van der Waals surface area contributed by atoms with Gasteiger partial charge in [0.05, 0.1) is 25.9 Å². The first kappa shape index (κ1) is 21.2. The number of aryl methyl sites for hydroxylation is 1. The summed E-state index contributed by atoms with van der Waals surface area (Å²) in [6.45, 7) is 1.65. The maximum absolute atomic E-state index is 13.3. The van der Waals surface area contributed by atoms with Crippen LogP contribution in [-0.4, -0.2) is 35.6 Å². The summed E-state index contributed by atoms with van der Waals surface area (Å²) >= 11 is 0. The molecule has 0 spiro atoms. The molecule has 0 aromatic heterocycles. The third kappa shape index (κ3) is 3.44. The van der Waals surface area contributed by atoms with Crippen LogP contribution in [0.5, 0.6) is 11.5 Å². The van der Waals surface area contributed by atoms with Gasteiger partial charge in [-0.1, -0.05) is 24.3 Å². The quantitative estimate of drug-likeness (QED) is 0.784. The van der Waals surface area contributed by atoms with Crippen LogP contribution in [0.4, 0.5) is 5.69 Å². The lowest BCUT2D eigenvalue weighted by molar-refractivity contribution is -0.117. The number of nitrogens with zero attached hydrogens (tertiary/aromatic N) is 1. The lowest BCUT2D eigenvalue weighted by Crippen LogP contribution is -2.40. The van der Waals surface area contributed by atoms with Crippen LogP contribution >= 0.6 is 0 Å². The second kappa shape index (κ2) is 7.92. The molecule has 1 heterocycles. The standard InChI is InChI=1S/C23H26N2O5S/c1-14-17-12-20(29-3)21(30-4)13-19(17)25(2)31(27,28)22(14)23(26)24-18-11-7-9-15-8-5-6-10-16(15)18/h5-6,8,10,12-13,18H,7,9,11H2,1-4H3,(H,24,26). The Morgan fingerprint density at radius 2 is 1.81 bits per heavy atom. The Bertz CT molecular complexity index is 1190. The molecule has 0 radical (unpaired) electrons. The maximum atomic E-state index is 13.3. The summed E-state index contributed by atoms with van der Waals surface area (Å²) in [6, 6.07) is 11.1. The minimum absolute atomic E-state index is 0.218. The van der Waals surface area contributed by atoms with Crippen LogP contribution in [0.2, 0.25) is 0 Å². The fraction of sp³-hybridized carbons (Fsp3) is 0.348. The number of ether oxygens (including phenoxy) is 2. The zero-order valence-electron chi connectivity index (χ0n) is 18.1. The van der Waals surface area contributed by atoms with Crippen LogP contribution in [0.25, 0.3) is 5.57 Å². The Morgan fingerprint density at radius 3 is 2.52 bits per heavy atom. The number of fused-ring (bicyclic) bond motifs is 2. The van der Waals surface area contributed by atoms with Crippen molar-refractivity contribution in [2.75, 3.05) is 25.6 Å². The van der Waals surface area contributed by atoms with Gasteiger partial charge in [0, 0.05) is 18.7 Å². The fourth-order valence-electron chi connectivity index (χ4n) is 4.43. The molecule has 31 heavy (non-hydrogen) atoms. The summed E-state index contributed by atoms with van der Waals surface area (Å²) in [5.74, 6) is 0.295. The molecular weight excluding hydrogens is 416 g/mol. The Labute approximate surface area is 182 Å². The smallest absolute Gasteiger partial charge is 0.269 e. The molecule has 1 amide bonds. The van der Waals surface area contributed by atoms with Crippen molar-refractivity contribution in [3.63, 3.8) is 0 Å². The van der Waals surface area contributed by atoms with Crippen molar-refractivity contribution in [3.8, 4) is 11.5 Å². The number of rotatable bonds is 4. The monoisotopic (exact) mass is 442 g/mol. The number of amides is 1. The molecule has 2 aromatic carbocycles. The molecule has 0 bridgehead atoms. The van der Waals surface area contributed by atoms with Crippen LogP contribution < -0.4 is 19.1 Å². The van der Waals surface area contributed by atoms with Crippen LogP contribution in [0, 0.1) is 0 Å². The Morgan fingerprint density at radius 1 is 1.13 bits per heavy atom. The van der Waals surface area contributed by atoms with Gasteiger partial charge in [0.25, 0.3) is 15.9 Å². The van der Waals surface area contributed by atoms with E-state index in [0.29, 0.717) is 28.3 Å². The zero-order chi connectivity index (χ0) is 22.3. The number of carbonyl (C=O) groups excluding carboxylic acids is 1. The first-order chi connectivity index (χ1) is 14.8. The maximum Gasteiger partial charge on any atom is 0.269 e. The number of sulfonamides is 1. The minimum atomic E-state index is -4.03. The van der Waals surface area contributed by atoms with Crippen molar-refractivity contribution in [1.29, 1.82) is 0 Å². The van der Waals surface area contributed by atoms with Gasteiger partial charge in [0.1, 0.15) is 0 Å². The minimum Gasteiger partial charge on any atom is -0.493 e. The molecule has 0 fully saturated rings. The van der Waals surface area contributed by atoms with Gasteiger partial charge in [-0.15, -0.1) is 0 Å². The molecule has 0 saturated heterocycles. The van der Waals surface area contributed by atoms with Gasteiger partial charge in [-0.05, 0) is 49.0 Å². The Hall–Kier alpha value is -3.00.